The fourth-order valence-corrected chi connectivity index (χ4v) is 1.78. The largest absolute Gasteiger partial charge is 0.458 e. The van der Waals surface area contributed by atoms with Crippen molar-refractivity contribution in [1.29, 1.82) is 0 Å². The van der Waals surface area contributed by atoms with E-state index in [4.69, 9.17) is 4.42 Å². The van der Waals surface area contributed by atoms with Crippen LogP contribution >= 0.6 is 0 Å². The molecule has 1 aliphatic heterocycles. The molecule has 1 aromatic carbocycles. The quantitative estimate of drug-likeness (QED) is 0.733. The second-order valence-corrected chi connectivity index (χ2v) is 3.73. The minimum Gasteiger partial charge on any atom is -0.458 e. The van der Waals surface area contributed by atoms with Crippen molar-refractivity contribution >= 4 is 22.9 Å². The summed E-state index contributed by atoms with van der Waals surface area (Å²) in [6.45, 7) is 0. The maximum absolute atomic E-state index is 13.0. The number of nitrogens with one attached hydrogen (secondary N) is 2. The SMILES string of the molecule is O=C1NC(=O)C(c2cc3ccc(F)cc3o2)N1. The first-order valence-corrected chi connectivity index (χ1v) is 4.94. The Hall–Kier alpha value is -2.37. The highest BCUT2D eigenvalue weighted by Crippen LogP contribution is 2.26. The third-order valence-electron chi connectivity index (χ3n) is 2.56. The minimum absolute atomic E-state index is 0.286. The van der Waals surface area contributed by atoms with Gasteiger partial charge < -0.3 is 9.73 Å². The highest BCUT2D eigenvalue weighted by molar-refractivity contribution is 6.04. The van der Waals surface area contributed by atoms with Crippen LogP contribution in [0.4, 0.5) is 9.18 Å². The molecule has 1 fully saturated rings. The maximum atomic E-state index is 13.0. The maximum Gasteiger partial charge on any atom is 0.322 e. The zero-order chi connectivity index (χ0) is 12.0. The lowest BCUT2D eigenvalue weighted by Gasteiger charge is -2.00. The van der Waals surface area contributed by atoms with Gasteiger partial charge in [0, 0.05) is 11.5 Å². The Morgan fingerprint density at radius 2 is 2.06 bits per heavy atom. The zero-order valence-corrected chi connectivity index (χ0v) is 8.49. The van der Waals surface area contributed by atoms with Crippen LogP contribution in [0.5, 0.6) is 0 Å². The third-order valence-corrected chi connectivity index (χ3v) is 2.56. The number of furan rings is 1. The summed E-state index contributed by atoms with van der Waals surface area (Å²) >= 11 is 0. The topological polar surface area (TPSA) is 71.3 Å². The molecule has 1 aliphatic rings. The van der Waals surface area contributed by atoms with E-state index in [0.29, 0.717) is 11.0 Å². The highest BCUT2D eigenvalue weighted by atomic mass is 19.1. The van der Waals surface area contributed by atoms with Gasteiger partial charge in [-0.25, -0.2) is 9.18 Å². The normalized spacial score (nSPS) is 19.5. The monoisotopic (exact) mass is 234 g/mol. The number of hydrogen-bond acceptors (Lipinski definition) is 3. The summed E-state index contributed by atoms with van der Waals surface area (Å²) in [7, 11) is 0. The fourth-order valence-electron chi connectivity index (χ4n) is 1.78. The Morgan fingerprint density at radius 1 is 1.24 bits per heavy atom. The van der Waals surface area contributed by atoms with E-state index in [9.17, 15) is 14.0 Å². The smallest absolute Gasteiger partial charge is 0.322 e. The van der Waals surface area contributed by atoms with Crippen LogP contribution in [-0.2, 0) is 4.79 Å². The number of hydrogen-bond donors (Lipinski definition) is 2. The van der Waals surface area contributed by atoms with E-state index in [1.807, 2.05) is 0 Å². The number of urea groups is 1. The lowest BCUT2D eigenvalue weighted by Crippen LogP contribution is -2.22. The standard InChI is InChI=1S/C11H7FN2O3/c12-6-2-1-5-3-8(17-7(5)4-6)9-10(15)14-11(16)13-9/h1-4,9H,(H2,13,14,15,16). The van der Waals surface area contributed by atoms with E-state index in [0.717, 1.165) is 0 Å². The van der Waals surface area contributed by atoms with Gasteiger partial charge in [-0.1, -0.05) is 0 Å². The molecule has 0 radical (unpaired) electrons. The summed E-state index contributed by atoms with van der Waals surface area (Å²) in [6, 6.07) is 4.27. The fraction of sp³-hybridized carbons (Fsp3) is 0.0909. The molecule has 1 saturated heterocycles. The second kappa shape index (κ2) is 3.31. The molecule has 1 atom stereocenters. The van der Waals surface area contributed by atoms with Crippen molar-refractivity contribution in [3.05, 3.63) is 35.8 Å². The van der Waals surface area contributed by atoms with Gasteiger partial charge >= 0.3 is 6.03 Å². The number of carbonyl (C=O) groups excluding carboxylic acids is 2. The first kappa shape index (κ1) is 9.83. The molecule has 5 nitrogen and oxygen atoms in total. The van der Waals surface area contributed by atoms with E-state index in [1.54, 1.807) is 12.1 Å². The molecule has 2 N–H and O–H groups in total. The second-order valence-electron chi connectivity index (χ2n) is 3.73. The molecular weight excluding hydrogens is 227 g/mol. The average molecular weight is 234 g/mol. The van der Waals surface area contributed by atoms with Crippen LogP contribution < -0.4 is 10.6 Å². The van der Waals surface area contributed by atoms with Gasteiger partial charge in [0.15, 0.2) is 6.04 Å². The first-order chi connectivity index (χ1) is 8.13. The van der Waals surface area contributed by atoms with Crippen molar-refractivity contribution in [2.24, 2.45) is 0 Å². The molecule has 2 aromatic rings. The van der Waals surface area contributed by atoms with Gasteiger partial charge in [0.25, 0.3) is 5.91 Å². The van der Waals surface area contributed by atoms with Gasteiger partial charge in [-0.05, 0) is 18.2 Å². The first-order valence-electron chi connectivity index (χ1n) is 4.94. The predicted octanol–water partition coefficient (Wildman–Crippen LogP) is 1.45. The van der Waals surface area contributed by atoms with Crippen LogP contribution in [0, 0.1) is 5.82 Å². The Morgan fingerprint density at radius 3 is 2.76 bits per heavy atom. The average Bonchev–Trinajstić information content (AvgIpc) is 2.80. The molecule has 0 aliphatic carbocycles. The molecule has 2 heterocycles. The molecule has 86 valence electrons. The van der Waals surface area contributed by atoms with Crippen LogP contribution in [-0.4, -0.2) is 11.9 Å². The molecule has 0 saturated carbocycles. The number of fused-ring (bicyclic) bond motifs is 1. The number of halogens is 1. The van der Waals surface area contributed by atoms with Gasteiger partial charge in [-0.3, -0.25) is 10.1 Å². The van der Waals surface area contributed by atoms with E-state index in [2.05, 4.69) is 10.6 Å². The molecule has 3 amide bonds. The lowest BCUT2D eigenvalue weighted by atomic mass is 10.2. The van der Waals surface area contributed by atoms with Crippen molar-refractivity contribution < 1.29 is 18.4 Å². The van der Waals surface area contributed by atoms with Gasteiger partial charge in [0.1, 0.15) is 17.2 Å². The molecule has 1 aromatic heterocycles. The summed E-state index contributed by atoms with van der Waals surface area (Å²) in [5.74, 6) is -0.609. The summed E-state index contributed by atoms with van der Waals surface area (Å²) in [4.78, 5) is 22.4. The van der Waals surface area contributed by atoms with Gasteiger partial charge in [-0.15, -0.1) is 0 Å². The van der Waals surface area contributed by atoms with Crippen LogP contribution in [0.25, 0.3) is 11.0 Å². The number of imide groups is 1. The molecule has 17 heavy (non-hydrogen) atoms. The number of rotatable bonds is 1. The van der Waals surface area contributed by atoms with E-state index < -0.39 is 23.8 Å². The molecular formula is C11H7FN2O3. The van der Waals surface area contributed by atoms with Crippen molar-refractivity contribution in [3.8, 4) is 0 Å². The van der Waals surface area contributed by atoms with Crippen LogP contribution in [0.3, 0.4) is 0 Å². The summed E-state index contributed by atoms with van der Waals surface area (Å²) in [5, 5.41) is 5.18. The van der Waals surface area contributed by atoms with Crippen LogP contribution in [0.2, 0.25) is 0 Å². The van der Waals surface area contributed by atoms with Gasteiger partial charge in [0.05, 0.1) is 0 Å². The van der Waals surface area contributed by atoms with Crippen LogP contribution in [0.15, 0.2) is 28.7 Å². The minimum atomic E-state index is -0.849. The summed E-state index contributed by atoms with van der Waals surface area (Å²) in [5.41, 5.74) is 0.342. The molecule has 0 bridgehead atoms. The zero-order valence-electron chi connectivity index (χ0n) is 8.49. The van der Waals surface area contributed by atoms with E-state index in [1.165, 1.54) is 12.1 Å². The summed E-state index contributed by atoms with van der Waals surface area (Å²) in [6.07, 6.45) is 0. The number of amides is 3. The lowest BCUT2D eigenvalue weighted by molar-refractivity contribution is -0.120. The van der Waals surface area contributed by atoms with Gasteiger partial charge in [0.2, 0.25) is 0 Å². The van der Waals surface area contributed by atoms with E-state index in [-0.39, 0.29) is 5.76 Å². The predicted molar refractivity (Wildman–Crippen MR) is 55.6 cm³/mol. The Balaban J connectivity index is 2.06. The van der Waals surface area contributed by atoms with Crippen molar-refractivity contribution in [2.75, 3.05) is 0 Å². The van der Waals surface area contributed by atoms with E-state index >= 15 is 0 Å². The summed E-state index contributed by atoms with van der Waals surface area (Å²) < 4.78 is 18.3. The molecule has 0 spiro atoms. The molecule has 6 heteroatoms. The van der Waals surface area contributed by atoms with Gasteiger partial charge in [-0.2, -0.15) is 0 Å². The number of carbonyl (C=O) groups is 2. The number of benzene rings is 1. The van der Waals surface area contributed by atoms with Crippen molar-refractivity contribution in [3.63, 3.8) is 0 Å². The Bertz CT molecular complexity index is 635. The van der Waals surface area contributed by atoms with Crippen molar-refractivity contribution in [2.45, 2.75) is 6.04 Å². The van der Waals surface area contributed by atoms with Crippen molar-refractivity contribution in [1.82, 2.24) is 10.6 Å². The highest BCUT2D eigenvalue weighted by Gasteiger charge is 2.33. The molecule has 3 rings (SSSR count). The Kier molecular flexibility index (Phi) is 1.91. The van der Waals surface area contributed by atoms with Crippen LogP contribution in [0.1, 0.15) is 11.8 Å². The third kappa shape index (κ3) is 1.54. The Labute approximate surface area is 94.6 Å². The molecule has 1 unspecified atom stereocenters.